The molecule has 4 rings (SSSR count). The summed E-state index contributed by atoms with van der Waals surface area (Å²) in [6, 6.07) is 16.5. The van der Waals surface area contributed by atoms with E-state index in [0.29, 0.717) is 0 Å². The maximum atomic E-state index is 6.34. The molecule has 0 saturated carbocycles. The van der Waals surface area contributed by atoms with E-state index >= 15 is 0 Å². The van der Waals surface area contributed by atoms with Crippen molar-refractivity contribution in [3.8, 4) is 0 Å². The highest BCUT2D eigenvalue weighted by Gasteiger charge is 2.29. The summed E-state index contributed by atoms with van der Waals surface area (Å²) in [4.78, 5) is 0. The van der Waals surface area contributed by atoms with E-state index in [4.69, 9.17) is 23.2 Å². The fraction of sp³-hybridized carbons (Fsp3) is 0.400. The molecule has 2 heterocycles. The Hall–Kier alpha value is -1.10. The van der Waals surface area contributed by atoms with Gasteiger partial charge in [0.05, 0.1) is 22.1 Å². The summed E-state index contributed by atoms with van der Waals surface area (Å²) in [7, 11) is 4.11. The minimum absolute atomic E-state index is 0.391. The van der Waals surface area contributed by atoms with Gasteiger partial charge in [-0.1, -0.05) is 77.9 Å². The molecular formula is C30H36Cl2I2N4+2. The third-order valence-electron chi connectivity index (χ3n) is 7.01. The fourth-order valence-electron chi connectivity index (χ4n) is 4.91. The normalized spacial score (nSPS) is 11.8. The van der Waals surface area contributed by atoms with Gasteiger partial charge in [-0.05, 0) is 70.5 Å². The molecule has 38 heavy (non-hydrogen) atoms. The third kappa shape index (κ3) is 7.76. The predicted octanol–water partition coefficient (Wildman–Crippen LogP) is 9.12. The highest BCUT2D eigenvalue weighted by Crippen LogP contribution is 2.35. The Kier molecular flexibility index (Phi) is 11.0. The number of rotatable bonds is 13. The number of pyridine rings is 2. The summed E-state index contributed by atoms with van der Waals surface area (Å²) >= 11 is 17.7. The average Bonchev–Trinajstić information content (AvgIpc) is 2.89. The molecule has 0 atom stereocenters. The van der Waals surface area contributed by atoms with E-state index in [-0.39, 0.29) is 0 Å². The van der Waals surface area contributed by atoms with E-state index < -0.39 is 3.67 Å². The van der Waals surface area contributed by atoms with E-state index in [1.165, 1.54) is 43.0 Å². The minimum Gasteiger partial charge on any atom is -0.354 e. The Morgan fingerprint density at radius 2 is 1.13 bits per heavy atom. The monoisotopic (exact) mass is 776 g/mol. The Bertz CT molecular complexity index is 1300. The Labute approximate surface area is 263 Å². The van der Waals surface area contributed by atoms with Gasteiger partial charge in [-0.2, -0.15) is 0 Å². The van der Waals surface area contributed by atoms with Crippen molar-refractivity contribution in [1.29, 1.82) is 0 Å². The first-order chi connectivity index (χ1) is 18.3. The van der Waals surface area contributed by atoms with Crippen LogP contribution < -0.4 is 19.8 Å². The summed E-state index contributed by atoms with van der Waals surface area (Å²) in [5.74, 6) is 0. The van der Waals surface area contributed by atoms with Crippen LogP contribution in [-0.2, 0) is 14.1 Å². The number of halogens is 4. The lowest BCUT2D eigenvalue weighted by Crippen LogP contribution is -2.41. The molecule has 0 spiro atoms. The first-order valence-electron chi connectivity index (χ1n) is 13.3. The lowest BCUT2D eigenvalue weighted by molar-refractivity contribution is -0.644. The number of benzene rings is 2. The topological polar surface area (TPSA) is 31.8 Å². The quantitative estimate of drug-likeness (QED) is 0.0355. The molecular weight excluding hydrogens is 741 g/mol. The molecule has 4 nitrogen and oxygen atoms in total. The fourth-order valence-corrected chi connectivity index (χ4v) is 6.74. The number of unbranched alkanes of at least 4 members (excludes halogenated alkanes) is 6. The molecule has 0 aliphatic rings. The Morgan fingerprint density at radius 1 is 0.684 bits per heavy atom. The number of nitrogens with one attached hydrogen (secondary N) is 2. The van der Waals surface area contributed by atoms with Crippen LogP contribution in [0.4, 0.5) is 11.4 Å². The maximum Gasteiger partial charge on any atom is 0.215 e. The predicted molar refractivity (Wildman–Crippen MR) is 180 cm³/mol. The van der Waals surface area contributed by atoms with Crippen molar-refractivity contribution in [2.24, 2.45) is 14.1 Å². The van der Waals surface area contributed by atoms with Crippen LogP contribution >= 0.6 is 68.4 Å². The Morgan fingerprint density at radius 3 is 1.61 bits per heavy atom. The summed E-state index contributed by atoms with van der Waals surface area (Å²) in [5, 5.41) is 11.6. The molecule has 8 heteroatoms. The molecule has 0 fully saturated rings. The number of aromatic nitrogens is 2. The van der Waals surface area contributed by atoms with Crippen molar-refractivity contribution < 1.29 is 9.13 Å². The van der Waals surface area contributed by atoms with Gasteiger partial charge in [-0.3, -0.25) is 0 Å². The zero-order valence-corrected chi connectivity index (χ0v) is 27.9. The van der Waals surface area contributed by atoms with Gasteiger partial charge in [0, 0.05) is 34.3 Å². The number of nitrogens with zero attached hydrogens (tertiary/aromatic N) is 2. The van der Waals surface area contributed by atoms with Gasteiger partial charge in [0.15, 0.2) is 16.1 Å². The zero-order valence-electron chi connectivity index (χ0n) is 22.0. The van der Waals surface area contributed by atoms with Crippen LogP contribution in [0.15, 0.2) is 60.9 Å². The van der Waals surface area contributed by atoms with Crippen molar-refractivity contribution in [1.82, 2.24) is 0 Å². The van der Waals surface area contributed by atoms with Crippen LogP contribution in [-0.4, -0.2) is 8.10 Å². The number of hydrogen-bond acceptors (Lipinski definition) is 2. The number of fused-ring (bicyclic) bond motifs is 2. The SMILES string of the molecule is C[n+]1ccc(NC(I)(CCCCCCCCCI)Nc2cc[n+](C)c3cc(Cl)ccc23)c2ccc(Cl)cc21. The zero-order chi connectivity index (χ0) is 27.1. The van der Waals surface area contributed by atoms with E-state index in [1.54, 1.807) is 0 Å². The van der Waals surface area contributed by atoms with Gasteiger partial charge in [-0.25, -0.2) is 9.13 Å². The second-order valence-electron chi connectivity index (χ2n) is 9.97. The highest BCUT2D eigenvalue weighted by molar-refractivity contribution is 14.1. The van der Waals surface area contributed by atoms with Crippen molar-refractivity contribution in [3.05, 3.63) is 71.0 Å². The standard InChI is InChI=1S/C30H34Cl2I2N4/c1-37-18-14-26(24-12-10-22(31)20-28(24)37)35-30(34,16-8-6-4-3-5-7-9-17-33)36-27-15-19-38(2)29-21-23(32)11-13-25(27)29/h10-15,18-21H,3-9,16-17H2,1-2H3/p+2. The minimum atomic E-state index is -0.391. The van der Waals surface area contributed by atoms with Crippen molar-refractivity contribution >= 4 is 102 Å². The molecule has 0 aliphatic heterocycles. The molecule has 4 aromatic rings. The molecule has 0 amide bonds. The molecule has 2 aromatic heterocycles. The molecule has 2 aromatic carbocycles. The number of anilines is 2. The van der Waals surface area contributed by atoms with Crippen LogP contribution in [0.25, 0.3) is 21.8 Å². The molecule has 0 bridgehead atoms. The summed E-state index contributed by atoms with van der Waals surface area (Å²) < 4.78 is 5.10. The van der Waals surface area contributed by atoms with E-state index in [0.717, 1.165) is 56.1 Å². The molecule has 0 saturated heterocycles. The first kappa shape index (κ1) is 29.9. The van der Waals surface area contributed by atoms with Crippen LogP contribution in [0, 0.1) is 0 Å². The van der Waals surface area contributed by atoms with Gasteiger partial charge in [0.1, 0.15) is 14.1 Å². The second kappa shape index (κ2) is 14.0. The van der Waals surface area contributed by atoms with Crippen molar-refractivity contribution in [3.63, 3.8) is 0 Å². The van der Waals surface area contributed by atoms with Crippen LogP contribution in [0.2, 0.25) is 10.0 Å². The number of aryl methyl sites for hydroxylation is 2. The molecule has 0 aliphatic carbocycles. The maximum absolute atomic E-state index is 6.34. The number of hydrogen-bond donors (Lipinski definition) is 2. The first-order valence-corrected chi connectivity index (χ1v) is 16.6. The molecule has 0 radical (unpaired) electrons. The van der Waals surface area contributed by atoms with E-state index in [9.17, 15) is 0 Å². The average molecular weight is 777 g/mol. The number of alkyl halides is 2. The molecule has 0 unspecified atom stereocenters. The van der Waals surface area contributed by atoms with Gasteiger partial charge in [0.25, 0.3) is 0 Å². The lowest BCUT2D eigenvalue weighted by atomic mass is 10.1. The van der Waals surface area contributed by atoms with Gasteiger partial charge in [-0.15, -0.1) is 0 Å². The van der Waals surface area contributed by atoms with Crippen molar-refractivity contribution in [2.75, 3.05) is 15.1 Å². The van der Waals surface area contributed by atoms with Gasteiger partial charge < -0.3 is 10.6 Å². The summed E-state index contributed by atoms with van der Waals surface area (Å²) in [6.45, 7) is 0. The molecule has 202 valence electrons. The smallest absolute Gasteiger partial charge is 0.215 e. The van der Waals surface area contributed by atoms with Gasteiger partial charge in [0.2, 0.25) is 11.0 Å². The van der Waals surface area contributed by atoms with Gasteiger partial charge >= 0.3 is 0 Å². The second-order valence-corrected chi connectivity index (χ2v) is 13.8. The highest BCUT2D eigenvalue weighted by atomic mass is 127. The van der Waals surface area contributed by atoms with Crippen LogP contribution in [0.5, 0.6) is 0 Å². The van der Waals surface area contributed by atoms with E-state index in [1.807, 2.05) is 24.3 Å². The lowest BCUT2D eigenvalue weighted by Gasteiger charge is -2.33. The third-order valence-corrected chi connectivity index (χ3v) is 9.32. The Balaban J connectivity index is 1.60. The van der Waals surface area contributed by atoms with E-state index in [2.05, 4.69) is 116 Å². The molecule has 2 N–H and O–H groups in total. The van der Waals surface area contributed by atoms with Crippen LogP contribution in [0.1, 0.15) is 51.4 Å². The van der Waals surface area contributed by atoms with Crippen LogP contribution in [0.3, 0.4) is 0 Å². The largest absolute Gasteiger partial charge is 0.354 e. The summed E-state index contributed by atoms with van der Waals surface area (Å²) in [6.07, 6.45) is 14.2. The van der Waals surface area contributed by atoms with Crippen molar-refractivity contribution in [2.45, 2.75) is 55.0 Å². The summed E-state index contributed by atoms with van der Waals surface area (Å²) in [5.41, 5.74) is 4.37.